The third-order valence-corrected chi connectivity index (χ3v) is 6.22. The third kappa shape index (κ3) is 3.42. The lowest BCUT2D eigenvalue weighted by molar-refractivity contribution is 0.0758. The summed E-state index contributed by atoms with van der Waals surface area (Å²) in [5, 5.41) is 1.97. The number of carbonyl (C=O) groups excluding carboxylic acids is 1. The van der Waals surface area contributed by atoms with Crippen molar-refractivity contribution in [1.82, 2.24) is 4.90 Å². The van der Waals surface area contributed by atoms with Crippen molar-refractivity contribution in [3.05, 3.63) is 71.8 Å². The van der Waals surface area contributed by atoms with E-state index in [0.29, 0.717) is 17.9 Å². The smallest absolute Gasteiger partial charge is 0.259 e. The summed E-state index contributed by atoms with van der Waals surface area (Å²) in [5.41, 5.74) is 1.76. The van der Waals surface area contributed by atoms with Gasteiger partial charge in [-0.15, -0.1) is 11.8 Å². The maximum Gasteiger partial charge on any atom is 0.259 e. The Morgan fingerprint density at radius 1 is 1.11 bits per heavy atom. The van der Waals surface area contributed by atoms with Gasteiger partial charge in [0.15, 0.2) is 0 Å². The lowest BCUT2D eigenvalue weighted by Gasteiger charge is -2.26. The molecule has 1 aliphatic rings. The number of amides is 1. The van der Waals surface area contributed by atoms with Crippen LogP contribution in [0.25, 0.3) is 10.8 Å². The molecule has 1 amide bonds. The number of hydrogen-bond acceptors (Lipinski definition) is 4. The van der Waals surface area contributed by atoms with Crippen LogP contribution in [0.15, 0.2) is 60.7 Å². The van der Waals surface area contributed by atoms with Gasteiger partial charge in [-0.05, 0) is 41.5 Å². The van der Waals surface area contributed by atoms with E-state index in [-0.39, 0.29) is 11.3 Å². The number of ether oxygens (including phenoxy) is 2. The highest BCUT2D eigenvalue weighted by molar-refractivity contribution is 7.99. The maximum absolute atomic E-state index is 13.7. The van der Waals surface area contributed by atoms with Gasteiger partial charge in [-0.25, -0.2) is 0 Å². The number of fused-ring (bicyclic) bond motifs is 1. The Kier molecular flexibility index (Phi) is 5.44. The molecule has 4 nitrogen and oxygen atoms in total. The quantitative estimate of drug-likeness (QED) is 0.602. The van der Waals surface area contributed by atoms with Crippen LogP contribution < -0.4 is 9.47 Å². The summed E-state index contributed by atoms with van der Waals surface area (Å²) in [4.78, 5) is 15.6. The fraction of sp³-hybridized carbons (Fsp3) is 0.261. The van der Waals surface area contributed by atoms with Crippen molar-refractivity contribution >= 4 is 28.4 Å². The van der Waals surface area contributed by atoms with Gasteiger partial charge >= 0.3 is 0 Å². The van der Waals surface area contributed by atoms with Gasteiger partial charge in [0.2, 0.25) is 0 Å². The van der Waals surface area contributed by atoms with Crippen LogP contribution in [0.5, 0.6) is 11.5 Å². The van der Waals surface area contributed by atoms with E-state index in [0.717, 1.165) is 34.4 Å². The maximum atomic E-state index is 13.7. The van der Waals surface area contributed by atoms with Crippen molar-refractivity contribution in [1.29, 1.82) is 0 Å². The van der Waals surface area contributed by atoms with Crippen molar-refractivity contribution in [2.75, 3.05) is 26.0 Å². The second-order valence-electron chi connectivity index (χ2n) is 6.59. The first kappa shape index (κ1) is 18.7. The molecule has 1 aliphatic heterocycles. The SMILES string of the molecule is CCOc1ccc2ccccc2c1C(=O)N1CCSC1c1ccc(OC)cc1. The number of benzene rings is 3. The molecule has 1 heterocycles. The normalized spacial score (nSPS) is 16.4. The molecule has 5 heteroatoms. The second-order valence-corrected chi connectivity index (χ2v) is 7.78. The summed E-state index contributed by atoms with van der Waals surface area (Å²) >= 11 is 1.79. The van der Waals surface area contributed by atoms with Crippen molar-refractivity contribution in [2.45, 2.75) is 12.3 Å². The molecule has 0 aromatic heterocycles. The second kappa shape index (κ2) is 8.15. The summed E-state index contributed by atoms with van der Waals surface area (Å²) in [6, 6.07) is 19.9. The Balaban J connectivity index is 1.74. The first-order chi connectivity index (χ1) is 13.7. The van der Waals surface area contributed by atoms with Gasteiger partial charge in [0.1, 0.15) is 16.9 Å². The van der Waals surface area contributed by atoms with E-state index in [9.17, 15) is 4.79 Å². The first-order valence-corrected chi connectivity index (χ1v) is 10.5. The summed E-state index contributed by atoms with van der Waals surface area (Å²) < 4.78 is 11.1. The Hall–Kier alpha value is -2.66. The van der Waals surface area contributed by atoms with Crippen LogP contribution in [-0.2, 0) is 0 Å². The summed E-state index contributed by atoms with van der Waals surface area (Å²) in [6.07, 6.45) is 0. The van der Waals surface area contributed by atoms with E-state index in [1.54, 1.807) is 18.9 Å². The fourth-order valence-electron chi connectivity index (χ4n) is 3.61. The predicted octanol–water partition coefficient (Wildman–Crippen LogP) is 5.13. The van der Waals surface area contributed by atoms with E-state index in [4.69, 9.17) is 9.47 Å². The van der Waals surface area contributed by atoms with E-state index in [1.807, 2.05) is 72.5 Å². The van der Waals surface area contributed by atoms with Crippen molar-refractivity contribution in [3.8, 4) is 11.5 Å². The average molecular weight is 394 g/mol. The highest BCUT2D eigenvalue weighted by Gasteiger charge is 2.33. The highest BCUT2D eigenvalue weighted by atomic mass is 32.2. The van der Waals surface area contributed by atoms with Crippen LogP contribution in [0.4, 0.5) is 0 Å². The molecule has 1 atom stereocenters. The molecule has 0 N–H and O–H groups in total. The summed E-state index contributed by atoms with van der Waals surface area (Å²) in [7, 11) is 1.66. The number of hydrogen-bond donors (Lipinski definition) is 0. The molecule has 144 valence electrons. The van der Waals surface area contributed by atoms with Gasteiger partial charge in [0, 0.05) is 12.3 Å². The minimum absolute atomic E-state index is 0.00755. The molecule has 4 rings (SSSR count). The summed E-state index contributed by atoms with van der Waals surface area (Å²) in [5.74, 6) is 2.40. The third-order valence-electron chi connectivity index (χ3n) is 4.96. The van der Waals surface area contributed by atoms with Crippen molar-refractivity contribution in [3.63, 3.8) is 0 Å². The largest absolute Gasteiger partial charge is 0.497 e. The number of nitrogens with zero attached hydrogens (tertiary/aromatic N) is 1. The van der Waals surface area contributed by atoms with Crippen LogP contribution in [0.3, 0.4) is 0 Å². The average Bonchev–Trinajstić information content (AvgIpc) is 3.23. The van der Waals surface area contributed by atoms with Crippen LogP contribution >= 0.6 is 11.8 Å². The molecule has 0 radical (unpaired) electrons. The molecule has 0 bridgehead atoms. The lowest BCUT2D eigenvalue weighted by Crippen LogP contribution is -2.31. The van der Waals surface area contributed by atoms with E-state index >= 15 is 0 Å². The molecular weight excluding hydrogens is 370 g/mol. The number of carbonyl (C=O) groups is 1. The molecule has 0 aliphatic carbocycles. The van der Waals surface area contributed by atoms with Crippen LogP contribution in [0.1, 0.15) is 28.2 Å². The summed E-state index contributed by atoms with van der Waals surface area (Å²) in [6.45, 7) is 3.18. The number of methoxy groups -OCH3 is 1. The van der Waals surface area contributed by atoms with Crippen molar-refractivity contribution < 1.29 is 14.3 Å². The molecule has 3 aromatic rings. The van der Waals surface area contributed by atoms with Crippen LogP contribution in [-0.4, -0.2) is 36.8 Å². The van der Waals surface area contributed by atoms with Crippen LogP contribution in [0, 0.1) is 0 Å². The van der Waals surface area contributed by atoms with Gasteiger partial charge in [0.05, 0.1) is 19.3 Å². The van der Waals surface area contributed by atoms with Crippen LogP contribution in [0.2, 0.25) is 0 Å². The number of rotatable bonds is 5. The van der Waals surface area contributed by atoms with Gasteiger partial charge in [-0.3, -0.25) is 4.79 Å². The molecule has 28 heavy (non-hydrogen) atoms. The predicted molar refractivity (Wildman–Crippen MR) is 114 cm³/mol. The van der Waals surface area contributed by atoms with E-state index < -0.39 is 0 Å². The molecule has 1 saturated heterocycles. The molecule has 0 saturated carbocycles. The Labute approximate surface area is 169 Å². The standard InChI is InChI=1S/C23H23NO3S/c1-3-27-20-13-10-16-6-4-5-7-19(16)21(20)22(25)24-14-15-28-23(24)17-8-11-18(26-2)12-9-17/h4-13,23H,3,14-15H2,1-2H3. The highest BCUT2D eigenvalue weighted by Crippen LogP contribution is 2.41. The minimum atomic E-state index is -0.00755. The molecule has 1 fully saturated rings. The van der Waals surface area contributed by atoms with Gasteiger partial charge < -0.3 is 14.4 Å². The topological polar surface area (TPSA) is 38.8 Å². The first-order valence-electron chi connectivity index (χ1n) is 9.44. The zero-order valence-electron chi connectivity index (χ0n) is 16.1. The molecule has 0 spiro atoms. The Morgan fingerprint density at radius 2 is 1.89 bits per heavy atom. The molecular formula is C23H23NO3S. The van der Waals surface area contributed by atoms with E-state index in [2.05, 4.69) is 0 Å². The minimum Gasteiger partial charge on any atom is -0.497 e. The fourth-order valence-corrected chi connectivity index (χ4v) is 4.87. The van der Waals surface area contributed by atoms with Gasteiger partial charge in [0.25, 0.3) is 5.91 Å². The molecule has 3 aromatic carbocycles. The zero-order valence-corrected chi connectivity index (χ0v) is 16.9. The van der Waals surface area contributed by atoms with Gasteiger partial charge in [-0.2, -0.15) is 0 Å². The van der Waals surface area contributed by atoms with Crippen molar-refractivity contribution in [2.24, 2.45) is 0 Å². The zero-order chi connectivity index (χ0) is 19.5. The van der Waals surface area contributed by atoms with E-state index in [1.165, 1.54) is 0 Å². The lowest BCUT2D eigenvalue weighted by atomic mass is 10.0. The Morgan fingerprint density at radius 3 is 2.64 bits per heavy atom. The Bertz CT molecular complexity index is 987. The monoisotopic (exact) mass is 393 g/mol. The van der Waals surface area contributed by atoms with Gasteiger partial charge in [-0.1, -0.05) is 42.5 Å². The molecule has 1 unspecified atom stereocenters. The number of thioether (sulfide) groups is 1.